The number of carbonyl (C=O) groups is 2. The third-order valence-corrected chi connectivity index (χ3v) is 4.67. The highest BCUT2D eigenvalue weighted by Crippen LogP contribution is 2.35. The second kappa shape index (κ2) is 8.43. The fraction of sp³-hybridized carbons (Fsp3) is 0.0833. The molecule has 1 aliphatic rings. The third kappa shape index (κ3) is 4.21. The van der Waals surface area contributed by atoms with E-state index in [0.29, 0.717) is 28.5 Å². The van der Waals surface area contributed by atoms with Gasteiger partial charge in [0.15, 0.2) is 5.76 Å². The van der Waals surface area contributed by atoms with Gasteiger partial charge in [-0.1, -0.05) is 23.7 Å². The largest absolute Gasteiger partial charge is 0.494 e. The van der Waals surface area contributed by atoms with Crippen molar-refractivity contribution in [2.45, 2.75) is 6.92 Å². The van der Waals surface area contributed by atoms with E-state index in [1.165, 1.54) is 6.07 Å². The summed E-state index contributed by atoms with van der Waals surface area (Å²) in [5.41, 5.74) is 1.59. The standard InChI is InChI=1S/C24H17ClO5/c1-2-28-18-9-3-15(4-10-18)13-22-23(26)20-12-11-19(14-21(20)30-22)29-24(27)16-5-7-17(25)8-6-16/h3-14H,2H2,1H3/b22-13-. The smallest absolute Gasteiger partial charge is 0.343 e. The molecule has 0 unspecified atom stereocenters. The average molecular weight is 421 g/mol. The monoisotopic (exact) mass is 420 g/mol. The number of rotatable bonds is 5. The number of esters is 1. The van der Waals surface area contributed by atoms with Crippen LogP contribution in [0.2, 0.25) is 5.02 Å². The summed E-state index contributed by atoms with van der Waals surface area (Å²) in [5.74, 6) is 0.835. The summed E-state index contributed by atoms with van der Waals surface area (Å²) in [6.07, 6.45) is 1.66. The fourth-order valence-electron chi connectivity index (χ4n) is 2.96. The van der Waals surface area contributed by atoms with Crippen LogP contribution in [-0.2, 0) is 0 Å². The van der Waals surface area contributed by atoms with Gasteiger partial charge in [-0.25, -0.2) is 4.79 Å². The molecule has 0 aromatic heterocycles. The summed E-state index contributed by atoms with van der Waals surface area (Å²) in [5, 5.41) is 0.530. The van der Waals surface area contributed by atoms with Crippen LogP contribution < -0.4 is 14.2 Å². The molecular formula is C24H17ClO5. The Kier molecular flexibility index (Phi) is 5.55. The zero-order chi connectivity index (χ0) is 21.1. The maximum Gasteiger partial charge on any atom is 0.343 e. The lowest BCUT2D eigenvalue weighted by molar-refractivity contribution is 0.0734. The van der Waals surface area contributed by atoms with E-state index in [1.54, 1.807) is 42.5 Å². The van der Waals surface area contributed by atoms with Gasteiger partial charge >= 0.3 is 5.97 Å². The molecule has 0 bridgehead atoms. The van der Waals surface area contributed by atoms with Gasteiger partial charge in [0.05, 0.1) is 17.7 Å². The molecule has 0 N–H and O–H groups in total. The zero-order valence-electron chi connectivity index (χ0n) is 16.1. The van der Waals surface area contributed by atoms with Crippen LogP contribution in [0.3, 0.4) is 0 Å². The van der Waals surface area contributed by atoms with Gasteiger partial charge in [0.2, 0.25) is 5.78 Å². The SMILES string of the molecule is CCOc1ccc(/C=C2\Oc3cc(OC(=O)c4ccc(Cl)cc4)ccc3C2=O)cc1. The third-order valence-electron chi connectivity index (χ3n) is 4.42. The van der Waals surface area contributed by atoms with Crippen LogP contribution in [0.5, 0.6) is 17.2 Å². The van der Waals surface area contributed by atoms with Crippen LogP contribution in [-0.4, -0.2) is 18.4 Å². The highest BCUT2D eigenvalue weighted by atomic mass is 35.5. The molecule has 150 valence electrons. The van der Waals surface area contributed by atoms with Gasteiger partial charge in [-0.2, -0.15) is 0 Å². The summed E-state index contributed by atoms with van der Waals surface area (Å²) < 4.78 is 16.5. The number of carbonyl (C=O) groups excluding carboxylic acids is 2. The molecule has 0 saturated carbocycles. The van der Waals surface area contributed by atoms with Crippen LogP contribution in [0.1, 0.15) is 33.2 Å². The summed E-state index contributed by atoms with van der Waals surface area (Å²) in [4.78, 5) is 24.9. The predicted octanol–water partition coefficient (Wildman–Crippen LogP) is 5.57. The lowest BCUT2D eigenvalue weighted by atomic mass is 10.1. The minimum absolute atomic E-state index is 0.204. The van der Waals surface area contributed by atoms with Gasteiger partial charge < -0.3 is 14.2 Å². The number of benzene rings is 3. The number of ketones is 1. The lowest BCUT2D eigenvalue weighted by Crippen LogP contribution is -2.08. The summed E-state index contributed by atoms with van der Waals surface area (Å²) in [6.45, 7) is 2.50. The zero-order valence-corrected chi connectivity index (χ0v) is 16.8. The van der Waals surface area contributed by atoms with E-state index in [0.717, 1.165) is 11.3 Å². The Morgan fingerprint density at radius 3 is 2.40 bits per heavy atom. The Labute approximate surface area is 178 Å². The van der Waals surface area contributed by atoms with Gasteiger partial charge in [0.1, 0.15) is 17.2 Å². The van der Waals surface area contributed by atoms with E-state index in [9.17, 15) is 9.59 Å². The number of halogens is 1. The van der Waals surface area contributed by atoms with Crippen molar-refractivity contribution < 1.29 is 23.8 Å². The maximum absolute atomic E-state index is 12.6. The minimum Gasteiger partial charge on any atom is -0.494 e. The first kappa shape index (κ1) is 19.7. The molecule has 3 aromatic carbocycles. The predicted molar refractivity (Wildman–Crippen MR) is 113 cm³/mol. The number of fused-ring (bicyclic) bond motifs is 1. The molecule has 0 fully saturated rings. The Balaban J connectivity index is 1.50. The highest BCUT2D eigenvalue weighted by Gasteiger charge is 2.28. The van der Waals surface area contributed by atoms with Crippen LogP contribution in [0.15, 0.2) is 72.5 Å². The van der Waals surface area contributed by atoms with Crippen molar-refractivity contribution >= 4 is 29.4 Å². The molecule has 0 saturated heterocycles. The molecule has 6 heteroatoms. The second-order valence-corrected chi connectivity index (χ2v) is 6.93. The molecule has 1 aliphatic heterocycles. The number of hydrogen-bond donors (Lipinski definition) is 0. The summed E-state index contributed by atoms with van der Waals surface area (Å²) >= 11 is 5.84. The molecular weight excluding hydrogens is 404 g/mol. The van der Waals surface area contributed by atoms with E-state index < -0.39 is 5.97 Å². The van der Waals surface area contributed by atoms with Crippen molar-refractivity contribution in [1.29, 1.82) is 0 Å². The molecule has 3 aromatic rings. The van der Waals surface area contributed by atoms with Crippen molar-refractivity contribution in [3.05, 3.63) is 94.2 Å². The molecule has 0 amide bonds. The van der Waals surface area contributed by atoms with E-state index >= 15 is 0 Å². The molecule has 0 radical (unpaired) electrons. The molecule has 1 heterocycles. The number of allylic oxidation sites excluding steroid dienone is 1. The normalized spacial score (nSPS) is 13.7. The molecule has 0 spiro atoms. The second-order valence-electron chi connectivity index (χ2n) is 6.50. The number of hydrogen-bond acceptors (Lipinski definition) is 5. The molecule has 0 aliphatic carbocycles. The van der Waals surface area contributed by atoms with Gasteiger partial charge in [-0.15, -0.1) is 0 Å². The van der Waals surface area contributed by atoms with Crippen LogP contribution in [0.25, 0.3) is 6.08 Å². The first-order valence-electron chi connectivity index (χ1n) is 9.32. The Hall–Kier alpha value is -3.57. The van der Waals surface area contributed by atoms with Crippen LogP contribution in [0.4, 0.5) is 0 Å². The Morgan fingerprint density at radius 1 is 1.00 bits per heavy atom. The Morgan fingerprint density at radius 2 is 1.70 bits per heavy atom. The summed E-state index contributed by atoms with van der Waals surface area (Å²) in [6, 6.07) is 18.4. The highest BCUT2D eigenvalue weighted by molar-refractivity contribution is 6.30. The van der Waals surface area contributed by atoms with E-state index in [1.807, 2.05) is 31.2 Å². The van der Waals surface area contributed by atoms with Gasteiger partial charge in [0.25, 0.3) is 0 Å². The quantitative estimate of drug-likeness (QED) is 0.306. The molecule has 30 heavy (non-hydrogen) atoms. The van der Waals surface area contributed by atoms with Crippen molar-refractivity contribution in [2.24, 2.45) is 0 Å². The van der Waals surface area contributed by atoms with E-state index in [-0.39, 0.29) is 17.3 Å². The fourth-order valence-corrected chi connectivity index (χ4v) is 3.09. The first-order valence-corrected chi connectivity index (χ1v) is 9.70. The van der Waals surface area contributed by atoms with E-state index in [2.05, 4.69) is 0 Å². The van der Waals surface area contributed by atoms with Gasteiger partial charge in [-0.05, 0) is 67.1 Å². The minimum atomic E-state index is -0.527. The van der Waals surface area contributed by atoms with Gasteiger partial charge in [-0.3, -0.25) is 4.79 Å². The van der Waals surface area contributed by atoms with Crippen LogP contribution >= 0.6 is 11.6 Å². The summed E-state index contributed by atoms with van der Waals surface area (Å²) in [7, 11) is 0. The number of Topliss-reactive ketones (excluding diaryl/α,β-unsaturated/α-hetero) is 1. The van der Waals surface area contributed by atoms with Crippen molar-refractivity contribution in [1.82, 2.24) is 0 Å². The average Bonchev–Trinajstić information content (AvgIpc) is 3.05. The van der Waals surface area contributed by atoms with Crippen molar-refractivity contribution in [3.63, 3.8) is 0 Å². The maximum atomic E-state index is 12.6. The van der Waals surface area contributed by atoms with Crippen molar-refractivity contribution in [2.75, 3.05) is 6.61 Å². The molecule has 4 rings (SSSR count). The van der Waals surface area contributed by atoms with Crippen molar-refractivity contribution in [3.8, 4) is 17.2 Å². The van der Waals surface area contributed by atoms with E-state index in [4.69, 9.17) is 25.8 Å². The molecule has 5 nitrogen and oxygen atoms in total. The topological polar surface area (TPSA) is 61.8 Å². The van der Waals surface area contributed by atoms with Crippen LogP contribution in [0, 0.1) is 0 Å². The first-order chi connectivity index (χ1) is 14.5. The number of ether oxygens (including phenoxy) is 3. The lowest BCUT2D eigenvalue weighted by Gasteiger charge is -2.06. The van der Waals surface area contributed by atoms with Gasteiger partial charge in [0, 0.05) is 11.1 Å². The Bertz CT molecular complexity index is 1130. The molecule has 0 atom stereocenters.